The molecule has 152 valence electrons. The van der Waals surface area contributed by atoms with Crippen LogP contribution in [0.2, 0.25) is 5.04 Å². The van der Waals surface area contributed by atoms with E-state index in [1.54, 1.807) is 10.8 Å². The molecule has 0 spiro atoms. The van der Waals surface area contributed by atoms with Crippen LogP contribution in [0.4, 0.5) is 0 Å². The molecule has 28 heavy (non-hydrogen) atoms. The third-order valence-electron chi connectivity index (χ3n) is 6.70. The Morgan fingerprint density at radius 2 is 1.71 bits per heavy atom. The Bertz CT molecular complexity index is 628. The van der Waals surface area contributed by atoms with Crippen molar-refractivity contribution in [3.63, 3.8) is 0 Å². The summed E-state index contributed by atoms with van der Waals surface area (Å²) in [6.07, 6.45) is 18.6. The van der Waals surface area contributed by atoms with Gasteiger partial charge in [0.05, 0.1) is 0 Å². The average Bonchev–Trinajstić information content (AvgIpc) is 2.88. The molecule has 0 radical (unpaired) electrons. The van der Waals surface area contributed by atoms with E-state index in [1.165, 1.54) is 51.4 Å². The van der Waals surface area contributed by atoms with E-state index in [9.17, 15) is 0 Å². The number of hydrogen-bond donors (Lipinski definition) is 0. The summed E-state index contributed by atoms with van der Waals surface area (Å²) in [7, 11) is -0.286. The van der Waals surface area contributed by atoms with Crippen LogP contribution < -0.4 is 42.4 Å². The predicted octanol–water partition coefficient (Wildman–Crippen LogP) is -3.88. The first-order valence-corrected chi connectivity index (χ1v) is 11.4. The first-order chi connectivity index (χ1) is 11.7. The molecule has 1 aromatic rings. The molecule has 2 fully saturated rings. The van der Waals surface area contributed by atoms with Gasteiger partial charge in [-0.05, 0) is 12.3 Å². The quantitative estimate of drug-likeness (QED) is 0.300. The second-order valence-corrected chi connectivity index (χ2v) is 11.3. The van der Waals surface area contributed by atoms with Crippen molar-refractivity contribution < 1.29 is 58.9 Å². The molecule has 3 aliphatic carbocycles. The largest absolute Gasteiger partial charge is 4.00 e. The van der Waals surface area contributed by atoms with Gasteiger partial charge in [-0.1, -0.05) is 98.3 Å². The van der Waals surface area contributed by atoms with Gasteiger partial charge in [-0.25, -0.2) is 17.6 Å². The SMILES string of the molecule is CC1([SiH2]c2ccccc2)CC2CC=CC=C2[C-]1CC1CCCCC1.[Cl-].[Cl-].[Cl-].[Ti+4]. The minimum Gasteiger partial charge on any atom is -1.00 e. The molecule has 0 bridgehead atoms. The molecule has 4 rings (SSSR count). The zero-order chi connectivity index (χ0) is 16.4. The standard InChI is InChI=1S/C23H31Si.3ClH.Ti/c1-23(24-20-13-6-3-7-14-20)17-19-12-8-9-15-21(19)22(23)16-18-10-4-2-5-11-18;;;;/h3,6-9,13-15,18-19H,2,4-5,10-12,16-17,24H2,1H3;3*1H;/q-1;;;;+4/p-3. The van der Waals surface area contributed by atoms with Crippen LogP contribution in [0, 0.1) is 17.8 Å². The zero-order valence-electron chi connectivity index (χ0n) is 16.8. The van der Waals surface area contributed by atoms with Crippen LogP contribution in [-0.4, -0.2) is 9.52 Å². The summed E-state index contributed by atoms with van der Waals surface area (Å²) in [4.78, 5) is 0. The van der Waals surface area contributed by atoms with Crippen LogP contribution >= 0.6 is 0 Å². The van der Waals surface area contributed by atoms with E-state index < -0.39 is 0 Å². The van der Waals surface area contributed by atoms with Gasteiger partial charge in [-0.2, -0.15) is 0 Å². The first kappa shape index (κ1) is 28.4. The van der Waals surface area contributed by atoms with Gasteiger partial charge in [0, 0.05) is 9.52 Å². The van der Waals surface area contributed by atoms with Crippen LogP contribution in [0.25, 0.3) is 0 Å². The Morgan fingerprint density at radius 3 is 2.39 bits per heavy atom. The van der Waals surface area contributed by atoms with Gasteiger partial charge in [0.25, 0.3) is 0 Å². The Morgan fingerprint density at radius 1 is 1.04 bits per heavy atom. The van der Waals surface area contributed by atoms with Crippen LogP contribution in [-0.2, 0) is 21.7 Å². The van der Waals surface area contributed by atoms with Gasteiger partial charge in [0.15, 0.2) is 0 Å². The van der Waals surface area contributed by atoms with Crippen LogP contribution in [0.15, 0.2) is 54.1 Å². The van der Waals surface area contributed by atoms with Crippen molar-refractivity contribution >= 4 is 14.7 Å². The molecule has 0 heterocycles. The summed E-state index contributed by atoms with van der Waals surface area (Å²) in [5, 5.41) is 2.15. The van der Waals surface area contributed by atoms with Crippen LogP contribution in [0.1, 0.15) is 58.3 Å². The summed E-state index contributed by atoms with van der Waals surface area (Å²) in [6, 6.07) is 11.4. The third kappa shape index (κ3) is 6.43. The minimum atomic E-state index is -0.286. The van der Waals surface area contributed by atoms with E-state index in [4.69, 9.17) is 0 Å². The fourth-order valence-electron chi connectivity index (χ4n) is 5.50. The van der Waals surface area contributed by atoms with Crippen molar-refractivity contribution in [2.24, 2.45) is 11.8 Å². The molecule has 0 aromatic heterocycles. The Labute approximate surface area is 207 Å². The maximum Gasteiger partial charge on any atom is 4.00 e. The summed E-state index contributed by atoms with van der Waals surface area (Å²) < 4.78 is 0. The fraction of sp³-hybridized carbons (Fsp3) is 0.522. The van der Waals surface area contributed by atoms with E-state index >= 15 is 0 Å². The summed E-state index contributed by atoms with van der Waals surface area (Å²) >= 11 is 0. The molecule has 0 amide bonds. The summed E-state index contributed by atoms with van der Waals surface area (Å²) in [5.41, 5.74) is 1.74. The van der Waals surface area contributed by atoms with Gasteiger partial charge < -0.3 is 37.2 Å². The maximum atomic E-state index is 2.61. The number of benzene rings is 1. The molecule has 3 aliphatic rings. The van der Waals surface area contributed by atoms with Gasteiger partial charge >= 0.3 is 21.7 Å². The van der Waals surface area contributed by atoms with Crippen molar-refractivity contribution in [3.8, 4) is 0 Å². The normalized spacial score (nSPS) is 26.4. The van der Waals surface area contributed by atoms with Crippen LogP contribution in [0.3, 0.4) is 0 Å². The minimum absolute atomic E-state index is 0. The van der Waals surface area contributed by atoms with E-state index in [-0.39, 0.29) is 68.5 Å². The smallest absolute Gasteiger partial charge is 1.00 e. The molecule has 0 nitrogen and oxygen atoms in total. The van der Waals surface area contributed by atoms with Crippen molar-refractivity contribution in [2.45, 2.75) is 63.3 Å². The van der Waals surface area contributed by atoms with Gasteiger partial charge in [0.1, 0.15) is 0 Å². The molecule has 1 aromatic carbocycles. The monoisotopic (exact) mass is 488 g/mol. The molecule has 0 aliphatic heterocycles. The topological polar surface area (TPSA) is 0 Å². The number of rotatable bonds is 4. The van der Waals surface area contributed by atoms with Gasteiger partial charge in [0.2, 0.25) is 0 Å². The van der Waals surface area contributed by atoms with Crippen molar-refractivity contribution in [1.82, 2.24) is 0 Å². The molecule has 0 saturated heterocycles. The van der Waals surface area contributed by atoms with Crippen molar-refractivity contribution in [2.75, 3.05) is 0 Å². The van der Waals surface area contributed by atoms with E-state index in [0.29, 0.717) is 5.04 Å². The third-order valence-corrected chi connectivity index (χ3v) is 9.08. The molecule has 2 saturated carbocycles. The number of allylic oxidation sites excluding steroid dienone is 4. The Kier molecular flexibility index (Phi) is 13.1. The van der Waals surface area contributed by atoms with Crippen molar-refractivity contribution in [3.05, 3.63) is 60.1 Å². The first-order valence-electron chi connectivity index (χ1n) is 10.0. The number of hydrogen-bond acceptors (Lipinski definition) is 0. The molecular weight excluding hydrogens is 459 g/mol. The Hall–Kier alpha value is 0.371. The van der Waals surface area contributed by atoms with Crippen molar-refractivity contribution in [1.29, 1.82) is 0 Å². The fourth-order valence-corrected chi connectivity index (χ4v) is 7.97. The maximum absolute atomic E-state index is 2.61. The van der Waals surface area contributed by atoms with Gasteiger partial charge in [-0.15, -0.1) is 12.2 Å². The second-order valence-electron chi connectivity index (χ2n) is 8.60. The van der Waals surface area contributed by atoms with Crippen LogP contribution in [0.5, 0.6) is 0 Å². The van der Waals surface area contributed by atoms with E-state index in [0.717, 1.165) is 11.8 Å². The molecule has 2 unspecified atom stereocenters. The van der Waals surface area contributed by atoms with Gasteiger partial charge in [-0.3, -0.25) is 0 Å². The molecule has 5 heteroatoms. The molecular formula is C23H31Cl3SiTi. The average molecular weight is 490 g/mol. The molecule has 2 atom stereocenters. The van der Waals surface area contributed by atoms with E-state index in [1.807, 2.05) is 5.92 Å². The second kappa shape index (κ2) is 12.9. The number of halogens is 3. The molecule has 0 N–H and O–H groups in total. The Balaban J connectivity index is 0.00000182. The predicted molar refractivity (Wildman–Crippen MR) is 107 cm³/mol. The number of fused-ring (bicyclic) bond motifs is 1. The van der Waals surface area contributed by atoms with E-state index in [2.05, 4.69) is 55.5 Å². The summed E-state index contributed by atoms with van der Waals surface area (Å²) in [5.74, 6) is 3.65. The zero-order valence-corrected chi connectivity index (χ0v) is 22.0. The summed E-state index contributed by atoms with van der Waals surface area (Å²) in [6.45, 7) is 2.61.